The maximum absolute atomic E-state index is 13.2. The molecular formula is C13H15F3OS. The van der Waals surface area contributed by atoms with E-state index in [1.165, 1.54) is 18.2 Å². The lowest BCUT2D eigenvalue weighted by molar-refractivity contribution is -0.0871. The maximum atomic E-state index is 13.2. The summed E-state index contributed by atoms with van der Waals surface area (Å²) in [4.78, 5) is 0. The molecule has 0 radical (unpaired) electrons. The van der Waals surface area contributed by atoms with E-state index in [0.717, 1.165) is 5.75 Å². The zero-order chi connectivity index (χ0) is 13.2. The van der Waals surface area contributed by atoms with Gasteiger partial charge in [0.25, 0.3) is 0 Å². The third kappa shape index (κ3) is 3.13. The summed E-state index contributed by atoms with van der Waals surface area (Å²) >= 11 is 1.64. The average molecular weight is 276 g/mol. The Labute approximate surface area is 109 Å². The topological polar surface area (TPSA) is 9.23 Å². The van der Waals surface area contributed by atoms with Gasteiger partial charge in [-0.15, -0.1) is 0 Å². The van der Waals surface area contributed by atoms with Crippen LogP contribution >= 0.6 is 11.8 Å². The number of thioether (sulfide) groups is 1. The summed E-state index contributed by atoms with van der Waals surface area (Å²) in [6, 6.07) is 4.14. The van der Waals surface area contributed by atoms with E-state index in [-0.39, 0.29) is 18.8 Å². The summed E-state index contributed by atoms with van der Waals surface area (Å²) in [5.41, 5.74) is 0.571. The van der Waals surface area contributed by atoms with Crippen molar-refractivity contribution in [2.45, 2.75) is 24.7 Å². The Balaban J connectivity index is 2.09. The predicted molar refractivity (Wildman–Crippen MR) is 67.2 cm³/mol. The van der Waals surface area contributed by atoms with Crippen LogP contribution in [-0.2, 0) is 0 Å². The van der Waals surface area contributed by atoms with Crippen molar-refractivity contribution in [1.82, 2.24) is 0 Å². The minimum Gasteiger partial charge on any atom is -0.492 e. The first-order valence-electron chi connectivity index (χ1n) is 5.81. The van der Waals surface area contributed by atoms with Gasteiger partial charge >= 0.3 is 0 Å². The fourth-order valence-corrected chi connectivity index (χ4v) is 2.34. The van der Waals surface area contributed by atoms with Gasteiger partial charge in [-0.25, -0.2) is 13.2 Å². The molecule has 1 aliphatic rings. The highest BCUT2D eigenvalue weighted by molar-refractivity contribution is 7.98. The van der Waals surface area contributed by atoms with Crippen molar-refractivity contribution in [3.8, 4) is 5.75 Å². The molecule has 0 saturated heterocycles. The van der Waals surface area contributed by atoms with E-state index in [1.807, 2.05) is 6.26 Å². The van der Waals surface area contributed by atoms with E-state index in [4.69, 9.17) is 4.74 Å². The van der Waals surface area contributed by atoms with Crippen LogP contribution in [0.2, 0.25) is 0 Å². The van der Waals surface area contributed by atoms with E-state index < -0.39 is 11.7 Å². The highest BCUT2D eigenvalue weighted by Crippen LogP contribution is 2.50. The summed E-state index contributed by atoms with van der Waals surface area (Å²) in [5.74, 6) is -1.95. The number of benzene rings is 1. The van der Waals surface area contributed by atoms with E-state index in [0.29, 0.717) is 17.9 Å². The van der Waals surface area contributed by atoms with Gasteiger partial charge in [-0.05, 0) is 30.4 Å². The quantitative estimate of drug-likeness (QED) is 0.749. The van der Waals surface area contributed by atoms with Crippen LogP contribution in [0.25, 0.3) is 0 Å². The SMILES string of the molecule is CSCCOc1ccc(F)cc1C1CC(F)(F)C1. The normalized spacial score (nSPS) is 18.4. The molecule has 100 valence electrons. The number of ether oxygens (including phenoxy) is 1. The summed E-state index contributed by atoms with van der Waals surface area (Å²) in [6.07, 6.45) is 1.53. The summed E-state index contributed by atoms with van der Waals surface area (Å²) in [5, 5.41) is 0. The summed E-state index contributed by atoms with van der Waals surface area (Å²) < 4.78 is 44.5. The number of halogens is 3. The lowest BCUT2D eigenvalue weighted by atomic mass is 9.76. The molecule has 0 bridgehead atoms. The van der Waals surface area contributed by atoms with Crippen LogP contribution in [-0.4, -0.2) is 24.5 Å². The van der Waals surface area contributed by atoms with Crippen LogP contribution in [0.15, 0.2) is 18.2 Å². The minimum atomic E-state index is -2.60. The van der Waals surface area contributed by atoms with E-state index in [1.54, 1.807) is 11.8 Å². The Morgan fingerprint density at radius 3 is 2.72 bits per heavy atom. The molecule has 0 spiro atoms. The van der Waals surface area contributed by atoms with E-state index in [2.05, 4.69) is 0 Å². The molecule has 1 aliphatic carbocycles. The standard InChI is InChI=1S/C13H15F3OS/c1-18-5-4-17-12-3-2-10(14)6-11(12)9-7-13(15,16)8-9/h2-3,6,9H,4-5,7-8H2,1H3. The average Bonchev–Trinajstić information content (AvgIpc) is 2.28. The van der Waals surface area contributed by atoms with Crippen LogP contribution in [0, 0.1) is 5.82 Å². The van der Waals surface area contributed by atoms with Gasteiger partial charge in [0.05, 0.1) is 6.61 Å². The second-order valence-corrected chi connectivity index (χ2v) is 5.47. The summed E-state index contributed by atoms with van der Waals surface area (Å²) in [6.45, 7) is 0.503. The van der Waals surface area contributed by atoms with Gasteiger partial charge in [0, 0.05) is 24.2 Å². The Bertz CT molecular complexity index is 415. The van der Waals surface area contributed by atoms with Crippen LogP contribution in [0.1, 0.15) is 24.3 Å². The molecular weight excluding hydrogens is 261 g/mol. The molecule has 0 atom stereocenters. The number of alkyl halides is 2. The van der Waals surface area contributed by atoms with Crippen molar-refractivity contribution < 1.29 is 17.9 Å². The molecule has 0 aromatic heterocycles. The van der Waals surface area contributed by atoms with Crippen molar-refractivity contribution in [1.29, 1.82) is 0 Å². The first kappa shape index (κ1) is 13.6. The molecule has 0 N–H and O–H groups in total. The third-order valence-electron chi connectivity index (χ3n) is 3.05. The zero-order valence-electron chi connectivity index (χ0n) is 10.1. The van der Waals surface area contributed by atoms with Gasteiger partial charge in [0.2, 0.25) is 5.92 Å². The van der Waals surface area contributed by atoms with Crippen molar-refractivity contribution in [2.24, 2.45) is 0 Å². The van der Waals surface area contributed by atoms with Gasteiger partial charge < -0.3 is 4.74 Å². The second kappa shape index (κ2) is 5.43. The Hall–Kier alpha value is -0.840. The number of hydrogen-bond acceptors (Lipinski definition) is 2. The molecule has 0 unspecified atom stereocenters. The van der Waals surface area contributed by atoms with Crippen LogP contribution in [0.4, 0.5) is 13.2 Å². The van der Waals surface area contributed by atoms with Crippen LogP contribution in [0.3, 0.4) is 0 Å². The summed E-state index contributed by atoms with van der Waals surface area (Å²) in [7, 11) is 0. The highest BCUT2D eigenvalue weighted by atomic mass is 32.2. The predicted octanol–water partition coefficient (Wildman–Crippen LogP) is 4.08. The van der Waals surface area contributed by atoms with Crippen LogP contribution < -0.4 is 4.74 Å². The molecule has 1 nitrogen and oxygen atoms in total. The lowest BCUT2D eigenvalue weighted by Crippen LogP contribution is -2.34. The van der Waals surface area contributed by atoms with Gasteiger partial charge in [-0.2, -0.15) is 11.8 Å². The molecule has 1 fully saturated rings. The third-order valence-corrected chi connectivity index (χ3v) is 3.62. The molecule has 1 saturated carbocycles. The van der Waals surface area contributed by atoms with E-state index >= 15 is 0 Å². The monoisotopic (exact) mass is 276 g/mol. The maximum Gasteiger partial charge on any atom is 0.249 e. The first-order valence-corrected chi connectivity index (χ1v) is 7.20. The van der Waals surface area contributed by atoms with Crippen molar-refractivity contribution in [2.75, 3.05) is 18.6 Å². The molecule has 2 rings (SSSR count). The molecule has 18 heavy (non-hydrogen) atoms. The fourth-order valence-electron chi connectivity index (χ4n) is 2.09. The highest BCUT2D eigenvalue weighted by Gasteiger charge is 2.46. The number of hydrogen-bond donors (Lipinski definition) is 0. The first-order chi connectivity index (χ1) is 8.52. The molecule has 1 aromatic rings. The molecule has 5 heteroatoms. The Kier molecular flexibility index (Phi) is 4.10. The van der Waals surface area contributed by atoms with Gasteiger partial charge in [0.1, 0.15) is 11.6 Å². The fraction of sp³-hybridized carbons (Fsp3) is 0.538. The molecule has 0 amide bonds. The molecule has 0 heterocycles. The zero-order valence-corrected chi connectivity index (χ0v) is 10.9. The van der Waals surface area contributed by atoms with Crippen molar-refractivity contribution >= 4 is 11.8 Å². The Morgan fingerprint density at radius 1 is 1.39 bits per heavy atom. The van der Waals surface area contributed by atoms with Crippen molar-refractivity contribution in [3.05, 3.63) is 29.6 Å². The van der Waals surface area contributed by atoms with Gasteiger partial charge in [0.15, 0.2) is 0 Å². The lowest BCUT2D eigenvalue weighted by Gasteiger charge is -2.35. The largest absolute Gasteiger partial charge is 0.492 e. The second-order valence-electron chi connectivity index (χ2n) is 4.48. The van der Waals surface area contributed by atoms with Crippen LogP contribution in [0.5, 0.6) is 5.75 Å². The molecule has 1 aromatic carbocycles. The van der Waals surface area contributed by atoms with E-state index in [9.17, 15) is 13.2 Å². The smallest absolute Gasteiger partial charge is 0.249 e. The minimum absolute atomic E-state index is 0.213. The Morgan fingerprint density at radius 2 is 2.11 bits per heavy atom. The van der Waals surface area contributed by atoms with Gasteiger partial charge in [-0.3, -0.25) is 0 Å². The van der Waals surface area contributed by atoms with Crippen molar-refractivity contribution in [3.63, 3.8) is 0 Å². The van der Waals surface area contributed by atoms with Gasteiger partial charge in [-0.1, -0.05) is 0 Å². The molecule has 0 aliphatic heterocycles. The number of rotatable bonds is 5.